The molecule has 0 fully saturated rings. The predicted molar refractivity (Wildman–Crippen MR) is 75.6 cm³/mol. The fourth-order valence-electron chi connectivity index (χ4n) is 1.60. The Kier molecular flexibility index (Phi) is 6.83. The quantitative estimate of drug-likeness (QED) is 0.823. The molecule has 0 aliphatic heterocycles. The van der Waals surface area contributed by atoms with Gasteiger partial charge in [-0.05, 0) is 34.1 Å². The van der Waals surface area contributed by atoms with Crippen molar-refractivity contribution in [2.75, 3.05) is 40.5 Å². The Morgan fingerprint density at radius 2 is 2.11 bits per heavy atom. The lowest BCUT2D eigenvalue weighted by Crippen LogP contribution is -2.36. The molecule has 1 aromatic carbocycles. The Hall–Kier alpha value is -1.11. The molecule has 1 N–H and O–H groups in total. The largest absolute Gasteiger partial charge is 0.497 e. The Balaban J connectivity index is 2.94. The lowest BCUT2D eigenvalue weighted by Gasteiger charge is -2.22. The van der Waals surface area contributed by atoms with Gasteiger partial charge in [0.25, 0.3) is 5.91 Å². The zero-order chi connectivity index (χ0) is 14.3. The SMILES string of the molecule is COCCN(CCO)C(=O)c1cc(OC)ccc1Br. The van der Waals surface area contributed by atoms with Crippen LogP contribution >= 0.6 is 15.9 Å². The maximum absolute atomic E-state index is 12.4. The van der Waals surface area contributed by atoms with E-state index in [-0.39, 0.29) is 19.1 Å². The van der Waals surface area contributed by atoms with Gasteiger partial charge in [-0.15, -0.1) is 0 Å². The highest BCUT2D eigenvalue weighted by molar-refractivity contribution is 9.10. The first-order chi connectivity index (χ1) is 9.13. The van der Waals surface area contributed by atoms with E-state index in [1.807, 2.05) is 0 Å². The molecule has 106 valence electrons. The average Bonchev–Trinajstić information content (AvgIpc) is 2.43. The molecule has 0 bridgehead atoms. The molecule has 0 saturated heterocycles. The second kappa shape index (κ2) is 8.14. The van der Waals surface area contributed by atoms with Crippen LogP contribution in [0.2, 0.25) is 0 Å². The Morgan fingerprint density at radius 3 is 2.68 bits per heavy atom. The van der Waals surface area contributed by atoms with Gasteiger partial charge in [0.2, 0.25) is 0 Å². The van der Waals surface area contributed by atoms with Crippen LogP contribution in [0.3, 0.4) is 0 Å². The first kappa shape index (κ1) is 15.9. The molecule has 0 aromatic heterocycles. The number of carbonyl (C=O) groups excluding carboxylic acids is 1. The van der Waals surface area contributed by atoms with Crippen molar-refractivity contribution in [3.05, 3.63) is 28.2 Å². The molecule has 1 amide bonds. The van der Waals surface area contributed by atoms with Crippen LogP contribution in [0.5, 0.6) is 5.75 Å². The third-order valence-electron chi connectivity index (χ3n) is 2.63. The van der Waals surface area contributed by atoms with E-state index in [1.54, 1.807) is 37.3 Å². The molecule has 0 aliphatic carbocycles. The average molecular weight is 332 g/mol. The van der Waals surface area contributed by atoms with Gasteiger partial charge in [-0.25, -0.2) is 0 Å². The summed E-state index contributed by atoms with van der Waals surface area (Å²) < 4.78 is 10.8. The number of rotatable bonds is 7. The van der Waals surface area contributed by atoms with Crippen molar-refractivity contribution in [1.29, 1.82) is 0 Å². The number of aliphatic hydroxyl groups is 1. The van der Waals surface area contributed by atoms with E-state index >= 15 is 0 Å². The van der Waals surface area contributed by atoms with E-state index in [4.69, 9.17) is 14.6 Å². The highest BCUT2D eigenvalue weighted by Gasteiger charge is 2.18. The molecule has 0 aliphatic rings. The minimum Gasteiger partial charge on any atom is -0.497 e. The molecular formula is C13H18BrNO4. The molecule has 19 heavy (non-hydrogen) atoms. The smallest absolute Gasteiger partial charge is 0.255 e. The fourth-order valence-corrected chi connectivity index (χ4v) is 2.02. The summed E-state index contributed by atoms with van der Waals surface area (Å²) in [6.07, 6.45) is 0. The number of benzene rings is 1. The third-order valence-corrected chi connectivity index (χ3v) is 3.32. The molecule has 5 nitrogen and oxygen atoms in total. The maximum Gasteiger partial charge on any atom is 0.255 e. The van der Waals surface area contributed by atoms with Crippen LogP contribution in [0.25, 0.3) is 0 Å². The van der Waals surface area contributed by atoms with Crippen molar-refractivity contribution in [3.63, 3.8) is 0 Å². The van der Waals surface area contributed by atoms with Gasteiger partial charge in [-0.3, -0.25) is 4.79 Å². The number of carbonyl (C=O) groups is 1. The van der Waals surface area contributed by atoms with E-state index in [0.717, 1.165) is 0 Å². The Labute approximate surface area is 121 Å². The first-order valence-corrected chi connectivity index (χ1v) is 6.66. The van der Waals surface area contributed by atoms with E-state index < -0.39 is 0 Å². The van der Waals surface area contributed by atoms with Crippen LogP contribution in [0.1, 0.15) is 10.4 Å². The van der Waals surface area contributed by atoms with Crippen molar-refractivity contribution in [2.24, 2.45) is 0 Å². The topological polar surface area (TPSA) is 59.0 Å². The minimum absolute atomic E-state index is 0.0863. The second-order valence-corrected chi connectivity index (χ2v) is 4.71. The summed E-state index contributed by atoms with van der Waals surface area (Å²) in [4.78, 5) is 13.9. The van der Waals surface area contributed by atoms with Crippen LogP contribution in [-0.4, -0.2) is 56.4 Å². The van der Waals surface area contributed by atoms with Crippen molar-refractivity contribution >= 4 is 21.8 Å². The van der Waals surface area contributed by atoms with Crippen LogP contribution in [0.15, 0.2) is 22.7 Å². The lowest BCUT2D eigenvalue weighted by atomic mass is 10.2. The molecule has 0 heterocycles. The lowest BCUT2D eigenvalue weighted by molar-refractivity contribution is 0.0655. The van der Waals surface area contributed by atoms with Crippen LogP contribution in [-0.2, 0) is 4.74 Å². The van der Waals surface area contributed by atoms with E-state index in [2.05, 4.69) is 15.9 Å². The summed E-state index contributed by atoms with van der Waals surface area (Å²) in [5.41, 5.74) is 0.504. The van der Waals surface area contributed by atoms with Crippen LogP contribution in [0.4, 0.5) is 0 Å². The molecule has 0 spiro atoms. The van der Waals surface area contributed by atoms with Gasteiger partial charge in [-0.1, -0.05) is 0 Å². The summed E-state index contributed by atoms with van der Waals surface area (Å²) in [5.74, 6) is 0.444. The highest BCUT2D eigenvalue weighted by Crippen LogP contribution is 2.23. The van der Waals surface area contributed by atoms with E-state index in [0.29, 0.717) is 28.9 Å². The molecular weight excluding hydrogens is 314 g/mol. The molecule has 0 saturated carbocycles. The predicted octanol–water partition coefficient (Wildman–Crippen LogP) is 1.54. The molecule has 6 heteroatoms. The number of nitrogens with zero attached hydrogens (tertiary/aromatic N) is 1. The first-order valence-electron chi connectivity index (χ1n) is 5.86. The normalized spacial score (nSPS) is 10.3. The Bertz CT molecular complexity index is 425. The van der Waals surface area contributed by atoms with Gasteiger partial charge in [-0.2, -0.15) is 0 Å². The van der Waals surface area contributed by atoms with Crippen molar-refractivity contribution < 1.29 is 19.4 Å². The van der Waals surface area contributed by atoms with E-state index in [1.165, 1.54) is 0 Å². The van der Waals surface area contributed by atoms with Crippen molar-refractivity contribution in [3.8, 4) is 5.75 Å². The highest BCUT2D eigenvalue weighted by atomic mass is 79.9. The molecule has 0 radical (unpaired) electrons. The standard InChI is InChI=1S/C13H18BrNO4/c1-18-8-6-15(5-7-16)13(17)11-9-10(19-2)3-4-12(11)14/h3-4,9,16H,5-8H2,1-2H3. The van der Waals surface area contributed by atoms with Crippen molar-refractivity contribution in [2.45, 2.75) is 0 Å². The fraction of sp³-hybridized carbons (Fsp3) is 0.462. The van der Waals surface area contributed by atoms with Crippen LogP contribution < -0.4 is 4.74 Å². The number of halogens is 1. The number of hydrogen-bond donors (Lipinski definition) is 1. The zero-order valence-electron chi connectivity index (χ0n) is 11.1. The number of ether oxygens (including phenoxy) is 2. The number of amides is 1. The summed E-state index contributed by atoms with van der Waals surface area (Å²) in [6.45, 7) is 1.04. The summed E-state index contributed by atoms with van der Waals surface area (Å²) in [7, 11) is 3.12. The molecule has 1 rings (SSSR count). The molecule has 1 aromatic rings. The monoisotopic (exact) mass is 331 g/mol. The molecule has 0 atom stereocenters. The number of aliphatic hydroxyl groups excluding tert-OH is 1. The summed E-state index contributed by atoms with van der Waals surface area (Å²) >= 11 is 3.35. The van der Waals surface area contributed by atoms with Gasteiger partial charge in [0.1, 0.15) is 5.75 Å². The van der Waals surface area contributed by atoms with Crippen LogP contribution in [0, 0.1) is 0 Å². The van der Waals surface area contributed by atoms with Gasteiger partial charge < -0.3 is 19.5 Å². The van der Waals surface area contributed by atoms with Gasteiger partial charge in [0, 0.05) is 24.7 Å². The van der Waals surface area contributed by atoms with E-state index in [9.17, 15) is 4.79 Å². The van der Waals surface area contributed by atoms with Crippen molar-refractivity contribution in [1.82, 2.24) is 4.90 Å². The number of hydrogen-bond acceptors (Lipinski definition) is 4. The maximum atomic E-state index is 12.4. The molecule has 0 unspecified atom stereocenters. The second-order valence-electron chi connectivity index (χ2n) is 3.85. The number of methoxy groups -OCH3 is 2. The van der Waals surface area contributed by atoms with Gasteiger partial charge >= 0.3 is 0 Å². The minimum atomic E-state index is -0.170. The summed E-state index contributed by atoms with van der Waals surface area (Å²) in [6, 6.07) is 5.20. The zero-order valence-corrected chi connectivity index (χ0v) is 12.6. The third kappa shape index (κ3) is 4.49. The van der Waals surface area contributed by atoms with Gasteiger partial charge in [0.15, 0.2) is 0 Å². The summed E-state index contributed by atoms with van der Waals surface area (Å²) in [5, 5.41) is 9.03. The Morgan fingerprint density at radius 1 is 1.37 bits per heavy atom. The van der Waals surface area contributed by atoms with Gasteiger partial charge in [0.05, 0.1) is 25.9 Å².